The van der Waals surface area contributed by atoms with E-state index in [1.165, 1.54) is 0 Å². The summed E-state index contributed by atoms with van der Waals surface area (Å²) in [6.45, 7) is 6.15. The maximum absolute atomic E-state index is 9.99. The van der Waals surface area contributed by atoms with Gasteiger partial charge in [-0.1, -0.05) is 32.9 Å². The van der Waals surface area contributed by atoms with E-state index in [0.29, 0.717) is 12.0 Å². The van der Waals surface area contributed by atoms with Crippen LogP contribution in [0.5, 0.6) is 5.75 Å². The Balaban J connectivity index is 2.69. The van der Waals surface area contributed by atoms with E-state index >= 15 is 0 Å². The SMILES string of the molecule is CC(C)(C)[C@@H](N)C[C@H](O)c1cccc(O)c1. The number of aliphatic hydroxyl groups excluding tert-OH is 1. The lowest BCUT2D eigenvalue weighted by Crippen LogP contribution is -2.36. The quantitative estimate of drug-likeness (QED) is 0.736. The fourth-order valence-electron chi connectivity index (χ4n) is 1.46. The molecule has 3 heteroatoms. The molecule has 1 aromatic carbocycles. The predicted octanol–water partition coefficient (Wildman–Crippen LogP) is 2.19. The van der Waals surface area contributed by atoms with Crippen LogP contribution >= 0.6 is 0 Å². The Morgan fingerprint density at radius 2 is 1.94 bits per heavy atom. The molecule has 0 unspecified atom stereocenters. The molecule has 0 aliphatic carbocycles. The third-order valence-corrected chi connectivity index (χ3v) is 2.84. The monoisotopic (exact) mass is 223 g/mol. The van der Waals surface area contributed by atoms with Crippen LogP contribution in [-0.2, 0) is 0 Å². The van der Waals surface area contributed by atoms with E-state index in [9.17, 15) is 10.2 Å². The Morgan fingerprint density at radius 3 is 2.44 bits per heavy atom. The highest BCUT2D eigenvalue weighted by molar-refractivity contribution is 5.28. The van der Waals surface area contributed by atoms with Crippen LogP contribution in [0.4, 0.5) is 0 Å². The molecule has 0 aliphatic rings. The topological polar surface area (TPSA) is 66.5 Å². The Kier molecular flexibility index (Phi) is 3.94. The molecule has 3 nitrogen and oxygen atoms in total. The number of phenolic OH excluding ortho intramolecular Hbond substituents is 1. The molecule has 16 heavy (non-hydrogen) atoms. The van der Waals surface area contributed by atoms with Crippen molar-refractivity contribution < 1.29 is 10.2 Å². The molecule has 1 rings (SSSR count). The number of hydrogen-bond acceptors (Lipinski definition) is 3. The minimum absolute atomic E-state index is 0.0300. The fourth-order valence-corrected chi connectivity index (χ4v) is 1.46. The van der Waals surface area contributed by atoms with Crippen molar-refractivity contribution in [3.05, 3.63) is 29.8 Å². The number of aliphatic hydroxyl groups is 1. The molecule has 0 aromatic heterocycles. The van der Waals surface area contributed by atoms with Gasteiger partial charge in [-0.05, 0) is 29.5 Å². The van der Waals surface area contributed by atoms with Crippen molar-refractivity contribution in [3.8, 4) is 5.75 Å². The van der Waals surface area contributed by atoms with Gasteiger partial charge in [-0.15, -0.1) is 0 Å². The summed E-state index contributed by atoms with van der Waals surface area (Å²) in [4.78, 5) is 0. The van der Waals surface area contributed by atoms with Crippen molar-refractivity contribution in [2.24, 2.45) is 11.1 Å². The first-order valence-electron chi connectivity index (χ1n) is 5.53. The van der Waals surface area contributed by atoms with Crippen LogP contribution in [-0.4, -0.2) is 16.3 Å². The van der Waals surface area contributed by atoms with Gasteiger partial charge in [0.15, 0.2) is 0 Å². The van der Waals surface area contributed by atoms with Crippen LogP contribution in [0, 0.1) is 5.41 Å². The molecule has 2 atom stereocenters. The summed E-state index contributed by atoms with van der Waals surface area (Å²) in [5.74, 6) is 0.167. The lowest BCUT2D eigenvalue weighted by Gasteiger charge is -2.29. The summed E-state index contributed by atoms with van der Waals surface area (Å²) in [6.07, 6.45) is -0.131. The summed E-state index contributed by atoms with van der Waals surface area (Å²) < 4.78 is 0. The van der Waals surface area contributed by atoms with Gasteiger partial charge >= 0.3 is 0 Å². The normalized spacial score (nSPS) is 15.8. The Morgan fingerprint density at radius 1 is 1.31 bits per heavy atom. The highest BCUT2D eigenvalue weighted by Gasteiger charge is 2.23. The van der Waals surface area contributed by atoms with Crippen molar-refractivity contribution in [2.45, 2.75) is 39.3 Å². The minimum Gasteiger partial charge on any atom is -0.508 e. The second-order valence-corrected chi connectivity index (χ2v) is 5.32. The van der Waals surface area contributed by atoms with Crippen molar-refractivity contribution in [2.75, 3.05) is 0 Å². The van der Waals surface area contributed by atoms with Gasteiger partial charge in [-0.25, -0.2) is 0 Å². The molecule has 90 valence electrons. The summed E-state index contributed by atoms with van der Waals surface area (Å²) in [5, 5.41) is 19.3. The zero-order valence-electron chi connectivity index (χ0n) is 10.1. The second kappa shape index (κ2) is 4.85. The van der Waals surface area contributed by atoms with Gasteiger partial charge in [0.1, 0.15) is 5.75 Å². The van der Waals surface area contributed by atoms with E-state index in [1.807, 2.05) is 20.8 Å². The zero-order valence-corrected chi connectivity index (χ0v) is 10.1. The maximum Gasteiger partial charge on any atom is 0.115 e. The minimum atomic E-state index is -0.624. The largest absolute Gasteiger partial charge is 0.508 e. The molecule has 0 amide bonds. The second-order valence-electron chi connectivity index (χ2n) is 5.32. The molecule has 0 saturated heterocycles. The van der Waals surface area contributed by atoms with Crippen molar-refractivity contribution >= 4 is 0 Å². The number of nitrogens with two attached hydrogens (primary N) is 1. The van der Waals surface area contributed by atoms with Gasteiger partial charge in [0.25, 0.3) is 0 Å². The highest BCUT2D eigenvalue weighted by atomic mass is 16.3. The number of phenols is 1. The molecule has 1 aromatic rings. The average Bonchev–Trinajstić information content (AvgIpc) is 2.16. The number of benzene rings is 1. The first-order chi connectivity index (χ1) is 7.30. The van der Waals surface area contributed by atoms with Gasteiger partial charge < -0.3 is 15.9 Å². The molecule has 0 saturated carbocycles. The Hall–Kier alpha value is -1.06. The van der Waals surface area contributed by atoms with Gasteiger partial charge in [0.2, 0.25) is 0 Å². The molecule has 0 aliphatic heterocycles. The van der Waals surface area contributed by atoms with Crippen LogP contribution in [0.2, 0.25) is 0 Å². The van der Waals surface area contributed by atoms with Gasteiger partial charge in [0, 0.05) is 6.04 Å². The molecule has 0 fully saturated rings. The van der Waals surface area contributed by atoms with E-state index in [1.54, 1.807) is 24.3 Å². The first-order valence-corrected chi connectivity index (χ1v) is 5.53. The predicted molar refractivity (Wildman–Crippen MR) is 65.1 cm³/mol. The summed E-state index contributed by atoms with van der Waals surface area (Å²) in [7, 11) is 0. The van der Waals surface area contributed by atoms with Gasteiger partial charge in [-0.3, -0.25) is 0 Å². The van der Waals surface area contributed by atoms with E-state index in [0.717, 1.165) is 0 Å². The number of hydrogen-bond donors (Lipinski definition) is 3. The summed E-state index contributed by atoms with van der Waals surface area (Å²) in [5.41, 5.74) is 6.68. The molecular weight excluding hydrogens is 202 g/mol. The molecule has 0 bridgehead atoms. The number of aromatic hydroxyl groups is 1. The first kappa shape index (κ1) is 13.0. The van der Waals surface area contributed by atoms with Crippen LogP contribution in [0.1, 0.15) is 38.9 Å². The Bertz CT molecular complexity index is 344. The molecule has 0 spiro atoms. The van der Waals surface area contributed by atoms with E-state index in [-0.39, 0.29) is 17.2 Å². The van der Waals surface area contributed by atoms with Gasteiger partial charge in [-0.2, -0.15) is 0 Å². The number of rotatable bonds is 3. The lowest BCUT2D eigenvalue weighted by atomic mass is 9.83. The summed E-state index contributed by atoms with van der Waals surface area (Å²) >= 11 is 0. The van der Waals surface area contributed by atoms with Crippen LogP contribution in [0.3, 0.4) is 0 Å². The summed E-state index contributed by atoms with van der Waals surface area (Å²) in [6, 6.07) is 6.58. The van der Waals surface area contributed by atoms with Crippen molar-refractivity contribution in [1.29, 1.82) is 0 Å². The highest BCUT2D eigenvalue weighted by Crippen LogP contribution is 2.27. The van der Waals surface area contributed by atoms with E-state index in [2.05, 4.69) is 0 Å². The smallest absolute Gasteiger partial charge is 0.115 e. The Labute approximate surface area is 96.9 Å². The van der Waals surface area contributed by atoms with Crippen LogP contribution in [0.25, 0.3) is 0 Å². The van der Waals surface area contributed by atoms with Crippen molar-refractivity contribution in [1.82, 2.24) is 0 Å². The maximum atomic E-state index is 9.99. The third-order valence-electron chi connectivity index (χ3n) is 2.84. The van der Waals surface area contributed by atoms with Crippen LogP contribution < -0.4 is 5.73 Å². The van der Waals surface area contributed by atoms with E-state index in [4.69, 9.17) is 5.73 Å². The average molecular weight is 223 g/mol. The zero-order chi connectivity index (χ0) is 12.3. The molecule has 4 N–H and O–H groups in total. The van der Waals surface area contributed by atoms with Crippen molar-refractivity contribution in [3.63, 3.8) is 0 Å². The van der Waals surface area contributed by atoms with E-state index < -0.39 is 6.10 Å². The fraction of sp³-hybridized carbons (Fsp3) is 0.538. The molecule has 0 heterocycles. The lowest BCUT2D eigenvalue weighted by molar-refractivity contribution is 0.133. The van der Waals surface area contributed by atoms with Gasteiger partial charge in [0.05, 0.1) is 6.10 Å². The third kappa shape index (κ3) is 3.51. The standard InChI is InChI=1S/C13H21NO2/c1-13(2,3)12(14)8-11(16)9-5-4-6-10(15)7-9/h4-7,11-12,15-16H,8,14H2,1-3H3/t11-,12-/m0/s1. The molecular formula is C13H21NO2. The molecule has 0 radical (unpaired) electrons. The van der Waals surface area contributed by atoms with Crippen LogP contribution in [0.15, 0.2) is 24.3 Å².